The maximum absolute atomic E-state index is 12.8. The van der Waals surface area contributed by atoms with Crippen molar-refractivity contribution < 1.29 is 9.53 Å². The molecule has 8 heteroatoms. The highest BCUT2D eigenvalue weighted by molar-refractivity contribution is 7.99. The van der Waals surface area contributed by atoms with Crippen LogP contribution < -0.4 is 5.32 Å². The van der Waals surface area contributed by atoms with Gasteiger partial charge in [0.25, 0.3) is 0 Å². The molecule has 1 saturated heterocycles. The topological polar surface area (TPSA) is 69.0 Å². The van der Waals surface area contributed by atoms with Gasteiger partial charge < -0.3 is 10.1 Å². The van der Waals surface area contributed by atoms with Crippen molar-refractivity contribution in [1.29, 1.82) is 0 Å². The number of aromatic nitrogens is 3. The monoisotopic (exact) mass is 482 g/mol. The van der Waals surface area contributed by atoms with E-state index < -0.39 is 0 Å². The second-order valence-corrected chi connectivity index (χ2v) is 9.94. The summed E-state index contributed by atoms with van der Waals surface area (Å²) in [7, 11) is 0. The third-order valence-electron chi connectivity index (χ3n) is 6.27. The lowest BCUT2D eigenvalue weighted by Gasteiger charge is -2.26. The number of fused-ring (bicyclic) bond motifs is 1. The summed E-state index contributed by atoms with van der Waals surface area (Å²) in [5, 5.41) is 13.5. The molecule has 1 N–H and O–H groups in total. The molecule has 2 aromatic carbocycles. The van der Waals surface area contributed by atoms with E-state index in [1.165, 1.54) is 22.9 Å². The fourth-order valence-corrected chi connectivity index (χ4v) is 5.52. The number of thioether (sulfide) groups is 1. The molecular weight excluding hydrogens is 456 g/mol. The molecule has 1 aromatic heterocycles. The van der Waals surface area contributed by atoms with Crippen LogP contribution in [0.4, 0.5) is 0 Å². The fraction of sp³-hybridized carbons (Fsp3) is 0.400. The van der Waals surface area contributed by atoms with Crippen LogP contribution in [0.25, 0.3) is 11.4 Å². The van der Waals surface area contributed by atoms with Crippen LogP contribution >= 0.6 is 23.4 Å². The van der Waals surface area contributed by atoms with Crippen molar-refractivity contribution >= 4 is 29.3 Å². The first-order valence-corrected chi connectivity index (χ1v) is 12.8. The van der Waals surface area contributed by atoms with E-state index >= 15 is 0 Å². The highest BCUT2D eigenvalue weighted by Crippen LogP contribution is 2.30. The van der Waals surface area contributed by atoms with E-state index in [2.05, 4.69) is 38.3 Å². The normalized spacial score (nSPS) is 19.9. The zero-order valence-corrected chi connectivity index (χ0v) is 19.9. The molecule has 1 aliphatic heterocycles. The molecule has 0 saturated carbocycles. The van der Waals surface area contributed by atoms with Crippen LogP contribution in [0.2, 0.25) is 5.02 Å². The smallest absolute Gasteiger partial charge is 0.230 e. The molecule has 2 aliphatic rings. The zero-order chi connectivity index (χ0) is 22.6. The van der Waals surface area contributed by atoms with Gasteiger partial charge in [-0.3, -0.25) is 9.36 Å². The van der Waals surface area contributed by atoms with Crippen LogP contribution in [-0.2, 0) is 22.5 Å². The predicted octanol–water partition coefficient (Wildman–Crippen LogP) is 5.06. The first-order valence-electron chi connectivity index (χ1n) is 11.5. The van der Waals surface area contributed by atoms with Crippen molar-refractivity contribution in [3.8, 4) is 11.4 Å². The van der Waals surface area contributed by atoms with Gasteiger partial charge in [0.1, 0.15) is 0 Å². The number of amides is 1. The average Bonchev–Trinajstić information content (AvgIpc) is 3.49. The van der Waals surface area contributed by atoms with Crippen LogP contribution in [0.5, 0.6) is 0 Å². The lowest BCUT2D eigenvalue weighted by molar-refractivity contribution is -0.119. The summed E-state index contributed by atoms with van der Waals surface area (Å²) in [5.74, 6) is 1.08. The molecule has 0 radical (unpaired) electrons. The van der Waals surface area contributed by atoms with Gasteiger partial charge in [-0.15, -0.1) is 10.2 Å². The fourth-order valence-electron chi connectivity index (χ4n) is 4.63. The Kier molecular flexibility index (Phi) is 6.99. The SMILES string of the molecule is O=C(CSc1nnc(-c2ccc(Cl)cc2)n1CC1CCCO1)NC1CCCc2ccccc21. The Morgan fingerprint density at radius 2 is 1.97 bits per heavy atom. The Hall–Kier alpha value is -2.35. The molecule has 172 valence electrons. The molecule has 1 aliphatic carbocycles. The van der Waals surface area contributed by atoms with E-state index in [0.717, 1.165) is 55.3 Å². The van der Waals surface area contributed by atoms with E-state index in [9.17, 15) is 4.79 Å². The number of rotatable bonds is 7. The van der Waals surface area contributed by atoms with Gasteiger partial charge in [0, 0.05) is 17.2 Å². The van der Waals surface area contributed by atoms with Gasteiger partial charge in [-0.1, -0.05) is 47.6 Å². The molecule has 6 nitrogen and oxygen atoms in total. The van der Waals surface area contributed by atoms with Gasteiger partial charge in [-0.2, -0.15) is 0 Å². The molecule has 1 amide bonds. The van der Waals surface area contributed by atoms with Gasteiger partial charge in [-0.05, 0) is 67.5 Å². The highest BCUT2D eigenvalue weighted by atomic mass is 35.5. The highest BCUT2D eigenvalue weighted by Gasteiger charge is 2.24. The van der Waals surface area contributed by atoms with Crippen molar-refractivity contribution in [2.45, 2.75) is 56.0 Å². The van der Waals surface area contributed by atoms with Crippen LogP contribution in [0, 0.1) is 0 Å². The third kappa shape index (κ3) is 5.26. The third-order valence-corrected chi connectivity index (χ3v) is 7.49. The first kappa shape index (κ1) is 22.4. The number of carbonyl (C=O) groups is 1. The van der Waals surface area contributed by atoms with Crippen molar-refractivity contribution in [3.05, 3.63) is 64.7 Å². The van der Waals surface area contributed by atoms with Gasteiger partial charge in [0.15, 0.2) is 11.0 Å². The van der Waals surface area contributed by atoms with Gasteiger partial charge >= 0.3 is 0 Å². The minimum atomic E-state index is 0.0152. The molecule has 5 rings (SSSR count). The minimum Gasteiger partial charge on any atom is -0.376 e. The number of carbonyl (C=O) groups excluding carboxylic acids is 1. The maximum Gasteiger partial charge on any atom is 0.230 e. The Morgan fingerprint density at radius 3 is 2.79 bits per heavy atom. The molecule has 0 bridgehead atoms. The summed E-state index contributed by atoms with van der Waals surface area (Å²) >= 11 is 7.49. The van der Waals surface area contributed by atoms with E-state index in [0.29, 0.717) is 17.3 Å². The molecule has 0 spiro atoms. The largest absolute Gasteiger partial charge is 0.376 e. The molecule has 2 atom stereocenters. The second kappa shape index (κ2) is 10.3. The van der Waals surface area contributed by atoms with Crippen LogP contribution in [0.3, 0.4) is 0 Å². The second-order valence-electron chi connectivity index (χ2n) is 8.56. The summed E-state index contributed by atoms with van der Waals surface area (Å²) in [6.07, 6.45) is 5.37. The van der Waals surface area contributed by atoms with Crippen LogP contribution in [0.1, 0.15) is 42.9 Å². The maximum atomic E-state index is 12.8. The Labute approximate surface area is 203 Å². The minimum absolute atomic E-state index is 0.0152. The van der Waals surface area contributed by atoms with Gasteiger partial charge in [-0.25, -0.2) is 0 Å². The summed E-state index contributed by atoms with van der Waals surface area (Å²) in [6.45, 7) is 1.46. The predicted molar refractivity (Wildman–Crippen MR) is 130 cm³/mol. The standard InChI is InChI=1S/C25H27ClN4O2S/c26-19-12-10-18(11-13-19)24-28-29-25(30(24)15-20-7-4-14-32-20)33-16-23(31)27-22-9-3-6-17-5-1-2-8-21(17)22/h1-2,5,8,10-13,20,22H,3-4,6-7,9,14-16H2,(H,27,31). The molecule has 2 heterocycles. The number of hydrogen-bond acceptors (Lipinski definition) is 5. The van der Waals surface area contributed by atoms with E-state index in [4.69, 9.17) is 16.3 Å². The van der Waals surface area contributed by atoms with Crippen molar-refractivity contribution in [1.82, 2.24) is 20.1 Å². The Bertz CT molecular complexity index is 1110. The molecule has 2 unspecified atom stereocenters. The van der Waals surface area contributed by atoms with Crippen LogP contribution in [-0.4, -0.2) is 39.1 Å². The average molecular weight is 483 g/mol. The van der Waals surface area contributed by atoms with Crippen molar-refractivity contribution in [3.63, 3.8) is 0 Å². The zero-order valence-electron chi connectivity index (χ0n) is 18.4. The molecule has 33 heavy (non-hydrogen) atoms. The lowest BCUT2D eigenvalue weighted by Crippen LogP contribution is -2.32. The Balaban J connectivity index is 1.30. The number of hydrogen-bond donors (Lipinski definition) is 1. The molecular formula is C25H27ClN4O2S. The lowest BCUT2D eigenvalue weighted by atomic mass is 9.88. The summed E-state index contributed by atoms with van der Waals surface area (Å²) in [5.41, 5.74) is 3.53. The number of halogens is 1. The number of aryl methyl sites for hydroxylation is 1. The molecule has 1 fully saturated rings. The number of nitrogens with zero attached hydrogens (tertiary/aromatic N) is 3. The number of benzene rings is 2. The number of ether oxygens (including phenoxy) is 1. The summed E-state index contributed by atoms with van der Waals surface area (Å²) < 4.78 is 7.94. The Morgan fingerprint density at radius 1 is 1.12 bits per heavy atom. The van der Waals surface area contributed by atoms with Crippen molar-refractivity contribution in [2.24, 2.45) is 0 Å². The van der Waals surface area contributed by atoms with E-state index in [-0.39, 0.29) is 18.1 Å². The molecule has 3 aromatic rings. The summed E-state index contributed by atoms with van der Waals surface area (Å²) in [6, 6.07) is 16.1. The van der Waals surface area contributed by atoms with Crippen molar-refractivity contribution in [2.75, 3.05) is 12.4 Å². The number of nitrogens with one attached hydrogen (secondary N) is 1. The summed E-state index contributed by atoms with van der Waals surface area (Å²) in [4.78, 5) is 12.8. The van der Waals surface area contributed by atoms with E-state index in [1.807, 2.05) is 30.3 Å². The quantitative estimate of drug-likeness (QED) is 0.476. The van der Waals surface area contributed by atoms with E-state index in [1.54, 1.807) is 0 Å². The van der Waals surface area contributed by atoms with Gasteiger partial charge in [0.05, 0.1) is 24.4 Å². The van der Waals surface area contributed by atoms with Crippen LogP contribution in [0.15, 0.2) is 53.7 Å². The first-order chi connectivity index (χ1) is 16.2. The van der Waals surface area contributed by atoms with Gasteiger partial charge in [0.2, 0.25) is 5.91 Å².